The van der Waals surface area contributed by atoms with Gasteiger partial charge in [-0.1, -0.05) is 0 Å². The van der Waals surface area contributed by atoms with Crippen molar-refractivity contribution < 1.29 is 9.53 Å². The second-order valence-electron chi connectivity index (χ2n) is 5.04. The van der Waals surface area contributed by atoms with E-state index in [0.29, 0.717) is 11.6 Å². The first-order valence-electron chi connectivity index (χ1n) is 6.55. The fraction of sp³-hybridized carbons (Fsp3) is 0.615. The van der Waals surface area contributed by atoms with E-state index < -0.39 is 0 Å². The summed E-state index contributed by atoms with van der Waals surface area (Å²) in [6.07, 6.45) is 3.04. The zero-order valence-corrected chi connectivity index (χ0v) is 10.5. The van der Waals surface area contributed by atoms with Crippen molar-refractivity contribution in [2.45, 2.75) is 38.1 Å². The Morgan fingerprint density at radius 1 is 1.67 bits per heavy atom. The molecule has 1 saturated heterocycles. The second-order valence-corrected chi connectivity index (χ2v) is 5.04. The van der Waals surface area contributed by atoms with Gasteiger partial charge in [0, 0.05) is 31.3 Å². The lowest BCUT2D eigenvalue weighted by Crippen LogP contribution is -2.69. The van der Waals surface area contributed by atoms with Gasteiger partial charge in [-0.2, -0.15) is 0 Å². The van der Waals surface area contributed by atoms with Crippen LogP contribution in [0.2, 0.25) is 0 Å². The first-order valence-corrected chi connectivity index (χ1v) is 6.55. The normalized spacial score (nSPS) is 33.9. The number of amides is 1. The van der Waals surface area contributed by atoms with Crippen LogP contribution >= 0.6 is 0 Å². The monoisotopic (exact) mass is 249 g/mol. The van der Waals surface area contributed by atoms with E-state index in [0.717, 1.165) is 19.6 Å². The molecule has 2 aliphatic rings. The van der Waals surface area contributed by atoms with E-state index in [4.69, 9.17) is 10.5 Å². The standard InChI is InChI=1S/C13H19N3O2/c1-2-16-6-3-4-9(16)13(17)15-11-10(14)8-5-7-18-12(8)11/h3-4,6,8,10-12H,2,5,7,14H2,1H3,(H,15,17). The number of nitrogens with zero attached hydrogens (tertiary/aromatic N) is 1. The molecule has 1 aliphatic carbocycles. The first-order chi connectivity index (χ1) is 8.72. The maximum absolute atomic E-state index is 12.2. The van der Waals surface area contributed by atoms with Gasteiger partial charge in [0.1, 0.15) is 5.69 Å². The molecule has 18 heavy (non-hydrogen) atoms. The highest BCUT2D eigenvalue weighted by Gasteiger charge is 2.52. The minimum Gasteiger partial charge on any atom is -0.376 e. The molecule has 4 atom stereocenters. The molecule has 2 fully saturated rings. The predicted molar refractivity (Wildman–Crippen MR) is 67.2 cm³/mol. The Kier molecular flexibility index (Phi) is 2.87. The largest absolute Gasteiger partial charge is 0.376 e. The van der Waals surface area contributed by atoms with Crippen LogP contribution in [0.5, 0.6) is 0 Å². The molecule has 98 valence electrons. The van der Waals surface area contributed by atoms with Crippen molar-refractivity contribution in [2.75, 3.05) is 6.61 Å². The molecule has 0 bridgehead atoms. The smallest absolute Gasteiger partial charge is 0.268 e. The highest BCUT2D eigenvalue weighted by molar-refractivity contribution is 5.93. The fourth-order valence-electron chi connectivity index (χ4n) is 3.05. The Morgan fingerprint density at radius 3 is 3.28 bits per heavy atom. The van der Waals surface area contributed by atoms with Crippen LogP contribution in [-0.2, 0) is 11.3 Å². The number of aryl methyl sites for hydroxylation is 1. The van der Waals surface area contributed by atoms with Gasteiger partial charge in [0.25, 0.3) is 5.91 Å². The van der Waals surface area contributed by atoms with E-state index in [-0.39, 0.29) is 24.1 Å². The van der Waals surface area contributed by atoms with Crippen LogP contribution < -0.4 is 11.1 Å². The van der Waals surface area contributed by atoms with Gasteiger partial charge in [0.15, 0.2) is 0 Å². The van der Waals surface area contributed by atoms with Crippen LogP contribution in [0.3, 0.4) is 0 Å². The van der Waals surface area contributed by atoms with E-state index in [1.807, 2.05) is 29.8 Å². The molecule has 1 aromatic rings. The van der Waals surface area contributed by atoms with Crippen LogP contribution in [0.4, 0.5) is 0 Å². The lowest BCUT2D eigenvalue weighted by molar-refractivity contribution is -0.0162. The summed E-state index contributed by atoms with van der Waals surface area (Å²) in [4.78, 5) is 12.2. The van der Waals surface area contributed by atoms with Gasteiger partial charge in [-0.3, -0.25) is 4.79 Å². The van der Waals surface area contributed by atoms with Crippen molar-refractivity contribution in [2.24, 2.45) is 11.7 Å². The Morgan fingerprint density at radius 2 is 2.50 bits per heavy atom. The van der Waals surface area contributed by atoms with E-state index >= 15 is 0 Å². The molecule has 4 unspecified atom stereocenters. The number of hydrogen-bond acceptors (Lipinski definition) is 3. The lowest BCUT2D eigenvalue weighted by Gasteiger charge is -2.45. The van der Waals surface area contributed by atoms with Crippen molar-refractivity contribution in [3.63, 3.8) is 0 Å². The van der Waals surface area contributed by atoms with Crippen LogP contribution in [0, 0.1) is 5.92 Å². The van der Waals surface area contributed by atoms with Crippen LogP contribution in [-0.4, -0.2) is 35.3 Å². The summed E-state index contributed by atoms with van der Waals surface area (Å²) in [5.74, 6) is 0.365. The number of ether oxygens (including phenoxy) is 1. The third-order valence-electron chi connectivity index (χ3n) is 4.15. The number of carbonyl (C=O) groups excluding carboxylic acids is 1. The summed E-state index contributed by atoms with van der Waals surface area (Å²) in [5, 5.41) is 3.00. The average Bonchev–Trinajstić information content (AvgIpc) is 3.01. The molecule has 1 aromatic heterocycles. The van der Waals surface area contributed by atoms with Crippen LogP contribution in [0.1, 0.15) is 23.8 Å². The van der Waals surface area contributed by atoms with E-state index in [1.54, 1.807) is 0 Å². The third-order valence-corrected chi connectivity index (χ3v) is 4.15. The number of hydrogen-bond donors (Lipinski definition) is 2. The first kappa shape index (κ1) is 11.7. The molecule has 2 heterocycles. The summed E-state index contributed by atoms with van der Waals surface area (Å²) >= 11 is 0. The molecule has 5 nitrogen and oxygen atoms in total. The van der Waals surface area contributed by atoms with Crippen molar-refractivity contribution in [1.82, 2.24) is 9.88 Å². The summed E-state index contributed by atoms with van der Waals surface area (Å²) < 4.78 is 7.53. The molecular formula is C13H19N3O2. The Bertz CT molecular complexity index is 457. The van der Waals surface area contributed by atoms with Gasteiger partial charge in [-0.15, -0.1) is 0 Å². The van der Waals surface area contributed by atoms with Crippen molar-refractivity contribution in [3.05, 3.63) is 24.0 Å². The molecule has 1 amide bonds. The Hall–Kier alpha value is -1.33. The zero-order valence-electron chi connectivity index (χ0n) is 10.5. The molecule has 1 saturated carbocycles. The molecule has 0 spiro atoms. The van der Waals surface area contributed by atoms with Gasteiger partial charge in [-0.05, 0) is 25.5 Å². The molecule has 0 aromatic carbocycles. The number of rotatable bonds is 3. The van der Waals surface area contributed by atoms with Crippen molar-refractivity contribution >= 4 is 5.91 Å². The highest BCUT2D eigenvalue weighted by atomic mass is 16.5. The Labute approximate surface area is 106 Å². The summed E-state index contributed by atoms with van der Waals surface area (Å²) in [7, 11) is 0. The number of nitrogens with one attached hydrogen (secondary N) is 1. The second kappa shape index (κ2) is 4.40. The fourth-order valence-corrected chi connectivity index (χ4v) is 3.05. The zero-order chi connectivity index (χ0) is 12.7. The van der Waals surface area contributed by atoms with Crippen LogP contribution in [0.15, 0.2) is 18.3 Å². The van der Waals surface area contributed by atoms with Gasteiger partial charge >= 0.3 is 0 Å². The number of nitrogens with two attached hydrogens (primary N) is 1. The van der Waals surface area contributed by atoms with E-state index in [1.165, 1.54) is 0 Å². The maximum atomic E-state index is 12.2. The third kappa shape index (κ3) is 1.66. The number of fused-ring (bicyclic) bond motifs is 1. The summed E-state index contributed by atoms with van der Waals surface area (Å²) in [6, 6.07) is 3.71. The molecule has 5 heteroatoms. The molecule has 3 N–H and O–H groups in total. The molecule has 3 rings (SSSR count). The summed E-state index contributed by atoms with van der Waals surface area (Å²) in [5.41, 5.74) is 6.76. The summed E-state index contributed by atoms with van der Waals surface area (Å²) in [6.45, 7) is 3.57. The average molecular weight is 249 g/mol. The molecule has 1 aliphatic heterocycles. The van der Waals surface area contributed by atoms with Gasteiger partial charge in [0.2, 0.25) is 0 Å². The van der Waals surface area contributed by atoms with Crippen molar-refractivity contribution in [1.29, 1.82) is 0 Å². The highest BCUT2D eigenvalue weighted by Crippen LogP contribution is 2.37. The van der Waals surface area contributed by atoms with Gasteiger partial charge in [-0.25, -0.2) is 0 Å². The predicted octanol–water partition coefficient (Wildman–Crippen LogP) is 0.352. The minimum absolute atomic E-state index is 0.0338. The van der Waals surface area contributed by atoms with Crippen LogP contribution in [0.25, 0.3) is 0 Å². The number of carbonyl (C=O) groups is 1. The maximum Gasteiger partial charge on any atom is 0.268 e. The number of aromatic nitrogens is 1. The van der Waals surface area contributed by atoms with Gasteiger partial charge in [0.05, 0.1) is 12.1 Å². The van der Waals surface area contributed by atoms with Gasteiger partial charge < -0.3 is 20.4 Å². The topological polar surface area (TPSA) is 69.3 Å². The molecular weight excluding hydrogens is 230 g/mol. The molecule has 0 radical (unpaired) electrons. The lowest BCUT2D eigenvalue weighted by atomic mass is 9.72. The van der Waals surface area contributed by atoms with E-state index in [9.17, 15) is 4.79 Å². The van der Waals surface area contributed by atoms with E-state index in [2.05, 4.69) is 5.32 Å². The quantitative estimate of drug-likeness (QED) is 0.812. The minimum atomic E-state index is -0.0590. The van der Waals surface area contributed by atoms with Crippen molar-refractivity contribution in [3.8, 4) is 0 Å². The SMILES string of the molecule is CCn1cccc1C(=O)NC1C(N)C2CCOC21. The Balaban J connectivity index is 1.68.